The fourth-order valence-electron chi connectivity index (χ4n) is 4.01. The minimum Gasteiger partial charge on any atom is -0.493 e. The number of ether oxygens (including phenoxy) is 1. The first-order chi connectivity index (χ1) is 13.2. The summed E-state index contributed by atoms with van der Waals surface area (Å²) < 4.78 is 19.0. The minimum atomic E-state index is -0.403. The second-order valence-corrected chi connectivity index (χ2v) is 7.33. The predicted molar refractivity (Wildman–Crippen MR) is 100 cm³/mol. The van der Waals surface area contributed by atoms with Gasteiger partial charge in [-0.3, -0.25) is 4.90 Å². The van der Waals surface area contributed by atoms with Crippen LogP contribution in [0.3, 0.4) is 0 Å². The zero-order valence-corrected chi connectivity index (χ0v) is 15.3. The molecule has 144 valence electrons. The highest BCUT2D eigenvalue weighted by atomic mass is 19.1. The molecule has 0 unspecified atom stereocenters. The molecule has 0 spiro atoms. The summed E-state index contributed by atoms with van der Waals surface area (Å²) in [5.74, 6) is 1.59. The summed E-state index contributed by atoms with van der Waals surface area (Å²) in [5, 5.41) is 8.98. The van der Waals surface area contributed by atoms with Gasteiger partial charge in [-0.1, -0.05) is 12.1 Å². The quantitative estimate of drug-likeness (QED) is 0.834. The molecule has 2 aliphatic heterocycles. The molecule has 0 radical (unpaired) electrons. The molecule has 2 aromatic rings. The number of aliphatic hydroxyl groups excluding tert-OH is 1. The van der Waals surface area contributed by atoms with Gasteiger partial charge in [0.05, 0.1) is 19.0 Å². The Morgan fingerprint density at radius 1 is 1.11 bits per heavy atom. The van der Waals surface area contributed by atoms with Crippen LogP contribution in [0.5, 0.6) is 5.75 Å². The van der Waals surface area contributed by atoms with Gasteiger partial charge in [0.2, 0.25) is 5.95 Å². The molecule has 2 aliphatic rings. The largest absolute Gasteiger partial charge is 0.493 e. The first-order valence-electron chi connectivity index (χ1n) is 9.50. The highest BCUT2D eigenvalue weighted by Crippen LogP contribution is 2.28. The minimum absolute atomic E-state index is 0.166. The Balaban J connectivity index is 1.28. The molecule has 1 aromatic carbocycles. The van der Waals surface area contributed by atoms with Crippen LogP contribution in [0.2, 0.25) is 0 Å². The van der Waals surface area contributed by atoms with Gasteiger partial charge in [0.15, 0.2) is 5.82 Å². The molecule has 1 aromatic heterocycles. The molecule has 1 N–H and O–H groups in total. The van der Waals surface area contributed by atoms with E-state index in [9.17, 15) is 4.39 Å². The third-order valence-electron chi connectivity index (χ3n) is 5.40. The van der Waals surface area contributed by atoms with E-state index in [-0.39, 0.29) is 6.61 Å². The van der Waals surface area contributed by atoms with Crippen LogP contribution in [-0.2, 0) is 6.42 Å². The van der Waals surface area contributed by atoms with Gasteiger partial charge in [-0.25, -0.2) is 14.4 Å². The smallest absolute Gasteiger partial charge is 0.225 e. The van der Waals surface area contributed by atoms with Gasteiger partial charge in [-0.05, 0) is 30.5 Å². The molecular formula is C20H25FN4O2. The molecule has 0 aliphatic carbocycles. The normalized spacial score (nSPS) is 22.7. The first-order valence-corrected chi connectivity index (χ1v) is 9.50. The maximum Gasteiger partial charge on any atom is 0.225 e. The maximum atomic E-state index is 13.0. The SMILES string of the molecule is OCCc1ccc(OC[C@H]2C[C@H]3CN(c4ncc(F)cn4)CCN3C2)cc1. The topological polar surface area (TPSA) is 61.7 Å². The van der Waals surface area contributed by atoms with E-state index < -0.39 is 5.82 Å². The van der Waals surface area contributed by atoms with E-state index in [1.165, 1.54) is 12.4 Å². The van der Waals surface area contributed by atoms with Gasteiger partial charge < -0.3 is 14.7 Å². The van der Waals surface area contributed by atoms with E-state index >= 15 is 0 Å². The van der Waals surface area contributed by atoms with Crippen molar-refractivity contribution in [3.8, 4) is 5.75 Å². The highest BCUT2D eigenvalue weighted by Gasteiger charge is 2.37. The summed E-state index contributed by atoms with van der Waals surface area (Å²) in [5.41, 5.74) is 1.12. The molecule has 3 heterocycles. The van der Waals surface area contributed by atoms with Crippen molar-refractivity contribution in [2.75, 3.05) is 44.3 Å². The number of halogens is 1. The van der Waals surface area contributed by atoms with Crippen LogP contribution in [0.25, 0.3) is 0 Å². The Kier molecular flexibility index (Phi) is 5.50. The second kappa shape index (κ2) is 8.19. The third-order valence-corrected chi connectivity index (χ3v) is 5.40. The fourth-order valence-corrected chi connectivity index (χ4v) is 4.01. The third kappa shape index (κ3) is 4.36. The summed E-state index contributed by atoms with van der Waals surface area (Å²) in [4.78, 5) is 12.9. The molecule has 6 nitrogen and oxygen atoms in total. The van der Waals surface area contributed by atoms with Crippen LogP contribution in [-0.4, -0.2) is 65.4 Å². The number of benzene rings is 1. The van der Waals surface area contributed by atoms with Gasteiger partial charge in [-0.15, -0.1) is 0 Å². The predicted octanol–water partition coefficient (Wildman–Crippen LogP) is 1.74. The standard InChI is InChI=1S/C20H25FN4O2/c21-17-10-22-20(23-11-17)25-7-6-24-12-16(9-18(24)13-25)14-27-19-3-1-15(2-4-19)5-8-26/h1-4,10-11,16,18,26H,5-9,12-14H2/t16-,18-/m0/s1. The lowest BCUT2D eigenvalue weighted by Crippen LogP contribution is -2.50. The first kappa shape index (κ1) is 18.1. The van der Waals surface area contributed by atoms with E-state index in [2.05, 4.69) is 19.8 Å². The lowest BCUT2D eigenvalue weighted by Gasteiger charge is -2.37. The van der Waals surface area contributed by atoms with E-state index in [1.807, 2.05) is 24.3 Å². The Morgan fingerprint density at radius 2 is 1.89 bits per heavy atom. The zero-order valence-electron chi connectivity index (χ0n) is 15.3. The summed E-state index contributed by atoms with van der Waals surface area (Å²) in [6, 6.07) is 8.42. The molecule has 2 fully saturated rings. The Bertz CT molecular complexity index is 741. The number of aromatic nitrogens is 2. The van der Waals surface area contributed by atoms with E-state index in [0.29, 0.717) is 30.9 Å². The Hall–Kier alpha value is -2.25. The Morgan fingerprint density at radius 3 is 2.63 bits per heavy atom. The fraction of sp³-hybridized carbons (Fsp3) is 0.500. The molecule has 0 amide bonds. The number of fused-ring (bicyclic) bond motifs is 1. The van der Waals surface area contributed by atoms with Gasteiger partial charge in [0.1, 0.15) is 5.75 Å². The number of hydrogen-bond acceptors (Lipinski definition) is 6. The number of aliphatic hydroxyl groups is 1. The van der Waals surface area contributed by atoms with E-state index in [1.54, 1.807) is 0 Å². The van der Waals surface area contributed by atoms with Crippen LogP contribution in [0.1, 0.15) is 12.0 Å². The second-order valence-electron chi connectivity index (χ2n) is 7.33. The molecule has 2 saturated heterocycles. The summed E-state index contributed by atoms with van der Waals surface area (Å²) in [7, 11) is 0. The van der Waals surface area contributed by atoms with Gasteiger partial charge in [0.25, 0.3) is 0 Å². The highest BCUT2D eigenvalue weighted by molar-refractivity contribution is 5.31. The van der Waals surface area contributed by atoms with Crippen LogP contribution < -0.4 is 9.64 Å². The van der Waals surface area contributed by atoms with Crippen molar-refractivity contribution in [3.63, 3.8) is 0 Å². The molecule has 27 heavy (non-hydrogen) atoms. The molecule has 0 saturated carbocycles. The van der Waals surface area contributed by atoms with Crippen LogP contribution in [0.15, 0.2) is 36.7 Å². The van der Waals surface area contributed by atoms with Crippen LogP contribution >= 0.6 is 0 Å². The van der Waals surface area contributed by atoms with Crippen LogP contribution in [0.4, 0.5) is 10.3 Å². The number of nitrogens with zero attached hydrogens (tertiary/aromatic N) is 4. The lowest BCUT2D eigenvalue weighted by atomic mass is 10.1. The van der Waals surface area contributed by atoms with Crippen LogP contribution in [0, 0.1) is 11.7 Å². The zero-order chi connectivity index (χ0) is 18.6. The summed E-state index contributed by atoms with van der Waals surface area (Å²) >= 11 is 0. The number of piperazine rings is 1. The van der Waals surface area contributed by atoms with Crippen molar-refractivity contribution in [2.45, 2.75) is 18.9 Å². The van der Waals surface area contributed by atoms with Crippen molar-refractivity contribution in [1.29, 1.82) is 0 Å². The summed E-state index contributed by atoms with van der Waals surface area (Å²) in [6.45, 7) is 4.63. The monoisotopic (exact) mass is 372 g/mol. The van der Waals surface area contributed by atoms with Gasteiger partial charge in [-0.2, -0.15) is 0 Å². The van der Waals surface area contributed by atoms with Gasteiger partial charge in [0, 0.05) is 44.7 Å². The van der Waals surface area contributed by atoms with Crippen molar-refractivity contribution in [3.05, 3.63) is 48.0 Å². The van der Waals surface area contributed by atoms with E-state index in [4.69, 9.17) is 9.84 Å². The van der Waals surface area contributed by atoms with Crippen molar-refractivity contribution >= 4 is 5.95 Å². The van der Waals surface area contributed by atoms with Gasteiger partial charge >= 0.3 is 0 Å². The van der Waals surface area contributed by atoms with Crippen molar-refractivity contribution in [1.82, 2.24) is 14.9 Å². The van der Waals surface area contributed by atoms with E-state index in [0.717, 1.165) is 43.9 Å². The molecule has 7 heteroatoms. The summed E-state index contributed by atoms with van der Waals surface area (Å²) in [6.07, 6.45) is 4.21. The molecular weight excluding hydrogens is 347 g/mol. The average molecular weight is 372 g/mol. The molecule has 2 atom stereocenters. The van der Waals surface area contributed by atoms with Crippen molar-refractivity contribution < 1.29 is 14.2 Å². The maximum absolute atomic E-state index is 13.0. The lowest BCUT2D eigenvalue weighted by molar-refractivity contribution is 0.216. The number of anilines is 1. The average Bonchev–Trinajstić information content (AvgIpc) is 3.10. The number of hydrogen-bond donors (Lipinski definition) is 1. The number of rotatable bonds is 6. The molecule has 0 bridgehead atoms. The molecule has 4 rings (SSSR count). The Labute approximate surface area is 158 Å². The van der Waals surface area contributed by atoms with Crippen molar-refractivity contribution in [2.24, 2.45) is 5.92 Å².